The average molecular weight is 623 g/mol. The number of nitrogens with zero attached hydrogens (tertiary/aromatic N) is 6. The fourth-order valence-corrected chi connectivity index (χ4v) is 5.86. The van der Waals surface area contributed by atoms with E-state index >= 15 is 0 Å². The van der Waals surface area contributed by atoms with E-state index in [1.54, 1.807) is 18.5 Å². The van der Waals surface area contributed by atoms with Crippen molar-refractivity contribution in [3.05, 3.63) is 57.7 Å². The third-order valence-electron chi connectivity index (χ3n) is 7.07. The van der Waals surface area contributed by atoms with Gasteiger partial charge >= 0.3 is 12.4 Å². The van der Waals surface area contributed by atoms with Crippen molar-refractivity contribution in [2.24, 2.45) is 5.73 Å². The number of carbonyl (C=O) groups excluding carboxylic acids is 2. The van der Waals surface area contributed by atoms with Gasteiger partial charge in [-0.15, -0.1) is 11.3 Å². The molecule has 6 rings (SSSR count). The molecule has 2 amide bonds. The minimum absolute atomic E-state index is 0.0206. The summed E-state index contributed by atoms with van der Waals surface area (Å²) in [5.74, 6) is -2.23. The Balaban J connectivity index is 1.52. The number of carbonyl (C=O) groups is 2. The molecule has 1 aliphatic carbocycles. The Labute approximate surface area is 241 Å². The van der Waals surface area contributed by atoms with E-state index in [-0.39, 0.29) is 49.2 Å². The van der Waals surface area contributed by atoms with Crippen LogP contribution in [0.15, 0.2) is 24.4 Å². The van der Waals surface area contributed by atoms with Gasteiger partial charge in [-0.1, -0.05) is 0 Å². The van der Waals surface area contributed by atoms with Gasteiger partial charge in [0, 0.05) is 40.9 Å². The zero-order chi connectivity index (χ0) is 31.0. The lowest BCUT2D eigenvalue weighted by molar-refractivity contribution is -0.143. The van der Waals surface area contributed by atoms with Crippen LogP contribution in [0, 0.1) is 6.92 Å². The van der Waals surface area contributed by atoms with E-state index in [1.165, 1.54) is 6.20 Å². The number of halogens is 6. The second kappa shape index (κ2) is 9.75. The van der Waals surface area contributed by atoms with Crippen LogP contribution < -0.4 is 11.1 Å². The lowest BCUT2D eigenvalue weighted by Gasteiger charge is -2.12. The number of amides is 2. The predicted molar refractivity (Wildman–Crippen MR) is 143 cm³/mol. The minimum atomic E-state index is -4.85. The zero-order valence-electron chi connectivity index (χ0n) is 22.3. The van der Waals surface area contributed by atoms with Gasteiger partial charge in [-0.2, -0.15) is 36.5 Å². The summed E-state index contributed by atoms with van der Waals surface area (Å²) in [6.45, 7) is 3.84. The van der Waals surface area contributed by atoms with Gasteiger partial charge < -0.3 is 11.1 Å². The Hall–Kier alpha value is -4.54. The molecule has 5 heterocycles. The highest BCUT2D eigenvalue weighted by molar-refractivity contribution is 7.21. The first-order chi connectivity index (χ1) is 20.2. The first-order valence-corrected chi connectivity index (χ1v) is 13.7. The number of alkyl halides is 6. The zero-order valence-corrected chi connectivity index (χ0v) is 23.1. The second-order valence-electron chi connectivity index (χ2n) is 9.95. The molecule has 43 heavy (non-hydrogen) atoms. The van der Waals surface area contributed by atoms with E-state index in [2.05, 4.69) is 25.5 Å². The molecule has 1 saturated carbocycles. The van der Waals surface area contributed by atoms with Crippen molar-refractivity contribution in [3.8, 4) is 11.1 Å². The number of rotatable bonds is 6. The molecule has 5 aromatic heterocycles. The summed E-state index contributed by atoms with van der Waals surface area (Å²) >= 11 is 0.535. The number of hydrogen-bond donors (Lipinski definition) is 2. The molecule has 5 aromatic rings. The quantitative estimate of drug-likeness (QED) is 0.230. The highest BCUT2D eigenvalue weighted by Crippen LogP contribution is 2.45. The number of nitrogens with one attached hydrogen (secondary N) is 1. The molecule has 0 radical (unpaired) electrons. The van der Waals surface area contributed by atoms with Crippen LogP contribution >= 0.6 is 11.3 Å². The number of nitrogens with two attached hydrogens (primary N) is 1. The number of fused-ring (bicyclic) bond motifs is 2. The summed E-state index contributed by atoms with van der Waals surface area (Å²) in [6.07, 6.45) is -6.93. The van der Waals surface area contributed by atoms with Crippen LogP contribution in [-0.2, 0) is 18.9 Å². The molecule has 1 aliphatic rings. The van der Waals surface area contributed by atoms with Crippen molar-refractivity contribution in [2.75, 3.05) is 5.32 Å². The average Bonchev–Trinajstić information content (AvgIpc) is 3.42. The highest BCUT2D eigenvalue weighted by Gasteiger charge is 2.38. The molecule has 0 bridgehead atoms. The smallest absolute Gasteiger partial charge is 0.365 e. The van der Waals surface area contributed by atoms with E-state index in [0.717, 1.165) is 18.2 Å². The Morgan fingerprint density at radius 3 is 2.37 bits per heavy atom. The molecule has 1 fully saturated rings. The minimum Gasteiger partial charge on any atom is -0.365 e. The molecular formula is C26H20F6N8O2S. The number of pyridine rings is 1. The fourth-order valence-electron chi connectivity index (χ4n) is 4.85. The molecule has 0 saturated heterocycles. The molecule has 0 spiro atoms. The topological polar surface area (TPSA) is 133 Å². The fraction of sp³-hybridized carbons (Fsp3) is 0.308. The number of aryl methyl sites for hydroxylation is 1. The van der Waals surface area contributed by atoms with Gasteiger partial charge in [0.15, 0.2) is 11.3 Å². The normalized spacial score (nSPS) is 14.1. The molecule has 0 atom stereocenters. The van der Waals surface area contributed by atoms with Crippen LogP contribution in [0.4, 0.5) is 32.0 Å². The number of hydrogen-bond acceptors (Lipinski definition) is 7. The summed E-state index contributed by atoms with van der Waals surface area (Å²) in [5.41, 5.74) is 3.22. The van der Waals surface area contributed by atoms with Crippen molar-refractivity contribution in [3.63, 3.8) is 0 Å². The Bertz CT molecular complexity index is 1950. The van der Waals surface area contributed by atoms with Crippen molar-refractivity contribution < 1.29 is 35.9 Å². The highest BCUT2D eigenvalue weighted by atomic mass is 32.1. The summed E-state index contributed by atoms with van der Waals surface area (Å²) in [4.78, 5) is 33.2. The van der Waals surface area contributed by atoms with Gasteiger partial charge in [-0.05, 0) is 44.4 Å². The lowest BCUT2D eigenvalue weighted by Crippen LogP contribution is -2.18. The van der Waals surface area contributed by atoms with Crippen molar-refractivity contribution in [1.82, 2.24) is 29.4 Å². The van der Waals surface area contributed by atoms with E-state index in [9.17, 15) is 35.9 Å². The van der Waals surface area contributed by atoms with Crippen LogP contribution in [0.25, 0.3) is 27.0 Å². The van der Waals surface area contributed by atoms with Crippen molar-refractivity contribution in [1.29, 1.82) is 0 Å². The van der Waals surface area contributed by atoms with Gasteiger partial charge in [0.2, 0.25) is 0 Å². The van der Waals surface area contributed by atoms with E-state index in [0.29, 0.717) is 40.9 Å². The van der Waals surface area contributed by atoms with Gasteiger partial charge in [-0.3, -0.25) is 14.3 Å². The first kappa shape index (κ1) is 28.6. The van der Waals surface area contributed by atoms with Crippen LogP contribution in [0.3, 0.4) is 0 Å². The van der Waals surface area contributed by atoms with Crippen molar-refractivity contribution in [2.45, 2.75) is 51.5 Å². The maximum Gasteiger partial charge on any atom is 0.433 e. The van der Waals surface area contributed by atoms with E-state index in [4.69, 9.17) is 5.73 Å². The molecule has 3 N–H and O–H groups in total. The number of thiophene rings is 1. The molecule has 10 nitrogen and oxygen atoms in total. The SMILES string of the molecule is CCn1ncc(-c2cc(C(F)(F)F)nc3sc(C(N)=O)c(NC(=O)c4cc5nc(C6CC6)cc(C(F)(F)F)n5n4)c23)c1C. The molecule has 17 heteroatoms. The van der Waals surface area contributed by atoms with Crippen LogP contribution in [0.2, 0.25) is 0 Å². The maximum absolute atomic E-state index is 13.9. The van der Waals surface area contributed by atoms with Crippen LogP contribution in [-0.4, -0.2) is 41.2 Å². The number of primary amides is 1. The van der Waals surface area contributed by atoms with Crippen molar-refractivity contribution >= 4 is 44.7 Å². The number of anilines is 1. The summed E-state index contributed by atoms with van der Waals surface area (Å²) < 4.78 is 85.2. The van der Waals surface area contributed by atoms with Gasteiger partial charge in [-0.25, -0.2) is 14.5 Å². The molecule has 0 aliphatic heterocycles. The first-order valence-electron chi connectivity index (χ1n) is 12.8. The largest absolute Gasteiger partial charge is 0.433 e. The predicted octanol–water partition coefficient (Wildman–Crippen LogP) is 5.80. The lowest BCUT2D eigenvalue weighted by atomic mass is 10.0. The molecular weight excluding hydrogens is 602 g/mol. The van der Waals surface area contributed by atoms with E-state index < -0.39 is 41.2 Å². The Morgan fingerprint density at radius 2 is 1.79 bits per heavy atom. The molecule has 0 unspecified atom stereocenters. The van der Waals surface area contributed by atoms with Crippen LogP contribution in [0.5, 0.6) is 0 Å². The summed E-state index contributed by atoms with van der Waals surface area (Å²) in [6, 6.07) is 2.74. The third kappa shape index (κ3) is 4.96. The summed E-state index contributed by atoms with van der Waals surface area (Å²) in [7, 11) is 0. The monoisotopic (exact) mass is 622 g/mol. The third-order valence-corrected chi connectivity index (χ3v) is 8.17. The summed E-state index contributed by atoms with van der Waals surface area (Å²) in [5, 5.41) is 10.4. The van der Waals surface area contributed by atoms with Gasteiger partial charge in [0.05, 0.1) is 11.9 Å². The van der Waals surface area contributed by atoms with E-state index in [1.807, 2.05) is 0 Å². The number of aromatic nitrogens is 6. The maximum atomic E-state index is 13.9. The Morgan fingerprint density at radius 1 is 1.07 bits per heavy atom. The molecule has 0 aromatic carbocycles. The Kier molecular flexibility index (Phi) is 6.48. The molecule has 224 valence electrons. The van der Waals surface area contributed by atoms with Gasteiger partial charge in [0.25, 0.3) is 11.8 Å². The van der Waals surface area contributed by atoms with Crippen LogP contribution in [0.1, 0.15) is 68.6 Å². The second-order valence-corrected chi connectivity index (χ2v) is 11.0. The van der Waals surface area contributed by atoms with Gasteiger partial charge in [0.1, 0.15) is 21.1 Å². The standard InChI is InChI=1S/C26H20F6N8O2S/c1-3-39-10(2)13(9-34-39)12-6-16(25(27,28)29)36-24-19(12)20(21(43-24)22(33)41)37-23(42)15-8-18-35-14(11-4-5-11)7-17(26(30,31)32)40(18)38-15/h6-9,11H,3-5H2,1-2H3,(H2,33,41)(H,37,42).